The lowest BCUT2D eigenvalue weighted by Crippen LogP contribution is -3.15. The number of aliphatic hydroxyl groups excluding tert-OH is 1. The minimum Gasteiger partial charge on any atom is -0.391 e. The molecule has 3 aromatic rings. The van der Waals surface area contributed by atoms with Crippen LogP contribution in [0.1, 0.15) is 30.9 Å². The number of rotatable bonds is 4. The van der Waals surface area contributed by atoms with Crippen molar-refractivity contribution in [1.82, 2.24) is 9.38 Å². The first-order valence-corrected chi connectivity index (χ1v) is 9.67. The Hall–Kier alpha value is -2.62. The SMILES string of the molecule is CC(C)c1cc(N2CC[NH+](CCO)CC2)n2c(nc3ccccc32)c1C#N. The molecule has 2 N–H and O–H groups in total. The highest BCUT2D eigenvalue weighted by Gasteiger charge is 2.25. The fourth-order valence-electron chi connectivity index (χ4n) is 4.09. The van der Waals surface area contributed by atoms with E-state index in [2.05, 4.69) is 41.4 Å². The van der Waals surface area contributed by atoms with Crippen LogP contribution in [0.25, 0.3) is 16.7 Å². The third kappa shape index (κ3) is 3.03. The Morgan fingerprint density at radius 2 is 2.00 bits per heavy atom. The van der Waals surface area contributed by atoms with Gasteiger partial charge in [-0.2, -0.15) is 5.26 Å². The smallest absolute Gasteiger partial charge is 0.157 e. The number of benzene rings is 1. The summed E-state index contributed by atoms with van der Waals surface area (Å²) >= 11 is 0. The van der Waals surface area contributed by atoms with Crippen molar-refractivity contribution in [2.45, 2.75) is 19.8 Å². The molecule has 0 unspecified atom stereocenters. The molecule has 1 saturated heterocycles. The topological polar surface area (TPSA) is 69.0 Å². The van der Waals surface area contributed by atoms with Gasteiger partial charge in [0.05, 0.1) is 49.4 Å². The first-order chi connectivity index (χ1) is 13.1. The number of anilines is 1. The van der Waals surface area contributed by atoms with Crippen LogP contribution >= 0.6 is 0 Å². The number of para-hydroxylation sites is 2. The average molecular weight is 364 g/mol. The molecule has 6 nitrogen and oxygen atoms in total. The highest BCUT2D eigenvalue weighted by molar-refractivity contribution is 5.85. The zero-order chi connectivity index (χ0) is 19.0. The minimum atomic E-state index is 0.236. The van der Waals surface area contributed by atoms with E-state index in [1.807, 2.05) is 18.2 Å². The summed E-state index contributed by atoms with van der Waals surface area (Å²) in [4.78, 5) is 8.65. The third-order valence-electron chi connectivity index (χ3n) is 5.58. The van der Waals surface area contributed by atoms with Crippen molar-refractivity contribution in [1.29, 1.82) is 5.26 Å². The predicted octanol–water partition coefficient (Wildman–Crippen LogP) is 1.18. The minimum absolute atomic E-state index is 0.236. The Morgan fingerprint density at radius 1 is 1.26 bits per heavy atom. The van der Waals surface area contributed by atoms with Gasteiger partial charge in [-0.25, -0.2) is 4.98 Å². The fourth-order valence-corrected chi connectivity index (χ4v) is 4.09. The molecule has 4 rings (SSSR count). The lowest BCUT2D eigenvalue weighted by atomic mass is 9.98. The number of hydrogen-bond acceptors (Lipinski definition) is 4. The lowest BCUT2D eigenvalue weighted by molar-refractivity contribution is -0.900. The Morgan fingerprint density at radius 3 is 2.67 bits per heavy atom. The Balaban J connectivity index is 1.90. The average Bonchev–Trinajstić information content (AvgIpc) is 3.07. The summed E-state index contributed by atoms with van der Waals surface area (Å²) in [6.45, 7) is 9.17. The van der Waals surface area contributed by atoms with Gasteiger partial charge in [0, 0.05) is 0 Å². The molecule has 0 bridgehead atoms. The van der Waals surface area contributed by atoms with Gasteiger partial charge in [-0.05, 0) is 29.7 Å². The van der Waals surface area contributed by atoms with Crippen molar-refractivity contribution < 1.29 is 10.0 Å². The van der Waals surface area contributed by atoms with Gasteiger partial charge >= 0.3 is 0 Å². The molecule has 0 aliphatic carbocycles. The predicted molar refractivity (Wildman–Crippen MR) is 106 cm³/mol. The number of hydrogen-bond donors (Lipinski definition) is 2. The number of nitrogens with zero attached hydrogens (tertiary/aromatic N) is 4. The van der Waals surface area contributed by atoms with E-state index in [1.165, 1.54) is 4.90 Å². The van der Waals surface area contributed by atoms with E-state index >= 15 is 0 Å². The molecule has 140 valence electrons. The second-order valence-corrected chi connectivity index (χ2v) is 7.57. The normalized spacial score (nSPS) is 15.7. The molecule has 2 aromatic heterocycles. The van der Waals surface area contributed by atoms with Crippen LogP contribution in [0.3, 0.4) is 0 Å². The van der Waals surface area contributed by atoms with Crippen LogP contribution < -0.4 is 9.80 Å². The molecular weight excluding hydrogens is 338 g/mol. The summed E-state index contributed by atoms with van der Waals surface area (Å²) in [6, 6.07) is 12.7. The summed E-state index contributed by atoms with van der Waals surface area (Å²) in [7, 11) is 0. The van der Waals surface area contributed by atoms with Crippen LogP contribution in [0.5, 0.6) is 0 Å². The molecule has 0 radical (unpaired) electrons. The largest absolute Gasteiger partial charge is 0.391 e. The molecular formula is C21H26N5O+. The van der Waals surface area contributed by atoms with E-state index in [9.17, 15) is 10.4 Å². The quantitative estimate of drug-likeness (QED) is 0.729. The number of nitrogens with one attached hydrogen (secondary N) is 1. The zero-order valence-electron chi connectivity index (χ0n) is 15.9. The van der Waals surface area contributed by atoms with Crippen LogP contribution in [-0.4, -0.2) is 53.8 Å². The van der Waals surface area contributed by atoms with Crippen molar-refractivity contribution >= 4 is 22.5 Å². The van der Waals surface area contributed by atoms with Gasteiger partial charge in [0.2, 0.25) is 0 Å². The highest BCUT2D eigenvalue weighted by Crippen LogP contribution is 2.32. The Bertz CT molecular complexity index is 1010. The van der Waals surface area contributed by atoms with Crippen LogP contribution in [-0.2, 0) is 0 Å². The number of nitriles is 1. The first kappa shape index (κ1) is 17.8. The van der Waals surface area contributed by atoms with Gasteiger partial charge < -0.3 is 14.9 Å². The molecule has 1 fully saturated rings. The second kappa shape index (κ2) is 7.18. The maximum atomic E-state index is 9.84. The summed E-state index contributed by atoms with van der Waals surface area (Å²) in [5.74, 6) is 1.37. The number of piperazine rings is 1. The number of fused-ring (bicyclic) bond motifs is 3. The maximum Gasteiger partial charge on any atom is 0.157 e. The zero-order valence-corrected chi connectivity index (χ0v) is 15.9. The first-order valence-electron chi connectivity index (χ1n) is 9.67. The molecule has 0 amide bonds. The monoisotopic (exact) mass is 364 g/mol. The van der Waals surface area contributed by atoms with Crippen LogP contribution in [0.15, 0.2) is 30.3 Å². The summed E-state index contributed by atoms with van der Waals surface area (Å²) in [5.41, 5.74) is 4.44. The van der Waals surface area contributed by atoms with Crippen LogP contribution in [0.4, 0.5) is 5.82 Å². The van der Waals surface area contributed by atoms with Gasteiger partial charge in [-0.15, -0.1) is 0 Å². The standard InChI is InChI=1S/C21H25N5O/c1-15(2)16-13-20(25-9-7-24(8-10-25)11-12-27)26-19-6-4-3-5-18(19)23-21(26)17(16)14-22/h3-6,13,15,27H,7-12H2,1-2H3/p+1. The number of quaternary nitrogens is 1. The Kier molecular flexibility index (Phi) is 4.73. The maximum absolute atomic E-state index is 9.84. The molecule has 1 aliphatic heterocycles. The third-order valence-corrected chi connectivity index (χ3v) is 5.58. The van der Waals surface area contributed by atoms with E-state index in [-0.39, 0.29) is 12.5 Å². The fraction of sp³-hybridized carbons (Fsp3) is 0.429. The van der Waals surface area contributed by atoms with Crippen molar-refractivity contribution in [3.8, 4) is 6.07 Å². The lowest BCUT2D eigenvalue weighted by Gasteiger charge is -2.34. The van der Waals surface area contributed by atoms with Gasteiger partial charge in [0.15, 0.2) is 5.65 Å². The summed E-state index contributed by atoms with van der Waals surface area (Å²) in [6.07, 6.45) is 0. The molecule has 0 atom stereocenters. The molecule has 3 heterocycles. The van der Waals surface area contributed by atoms with Gasteiger partial charge in [0.1, 0.15) is 18.4 Å². The number of imidazole rings is 1. The molecule has 1 aromatic carbocycles. The molecule has 27 heavy (non-hydrogen) atoms. The number of pyridine rings is 1. The van der Waals surface area contributed by atoms with E-state index < -0.39 is 0 Å². The number of aromatic nitrogens is 2. The summed E-state index contributed by atoms with van der Waals surface area (Å²) < 4.78 is 2.15. The van der Waals surface area contributed by atoms with E-state index in [1.54, 1.807) is 0 Å². The van der Waals surface area contributed by atoms with E-state index in [0.29, 0.717) is 5.56 Å². The second-order valence-electron chi connectivity index (χ2n) is 7.57. The highest BCUT2D eigenvalue weighted by atomic mass is 16.3. The van der Waals surface area contributed by atoms with Crippen LogP contribution in [0.2, 0.25) is 0 Å². The van der Waals surface area contributed by atoms with Crippen molar-refractivity contribution in [3.05, 3.63) is 41.5 Å². The van der Waals surface area contributed by atoms with Gasteiger partial charge in [-0.3, -0.25) is 4.40 Å². The molecule has 1 aliphatic rings. The molecule has 0 spiro atoms. The number of aliphatic hydroxyl groups is 1. The Labute approximate surface area is 159 Å². The van der Waals surface area contributed by atoms with Crippen molar-refractivity contribution in [3.63, 3.8) is 0 Å². The van der Waals surface area contributed by atoms with Crippen LogP contribution in [0, 0.1) is 11.3 Å². The van der Waals surface area contributed by atoms with Crippen molar-refractivity contribution in [2.24, 2.45) is 0 Å². The van der Waals surface area contributed by atoms with Crippen molar-refractivity contribution in [2.75, 3.05) is 44.2 Å². The summed E-state index contributed by atoms with van der Waals surface area (Å²) in [5, 5.41) is 19.1. The molecule has 6 heteroatoms. The van der Waals surface area contributed by atoms with Gasteiger partial charge in [-0.1, -0.05) is 26.0 Å². The molecule has 0 saturated carbocycles. The van der Waals surface area contributed by atoms with E-state index in [0.717, 1.165) is 60.8 Å². The van der Waals surface area contributed by atoms with Gasteiger partial charge in [0.25, 0.3) is 0 Å². The van der Waals surface area contributed by atoms with E-state index in [4.69, 9.17) is 4.98 Å².